The predicted octanol–water partition coefficient (Wildman–Crippen LogP) is 7.29. The maximum atomic E-state index is 15.3. The largest absolute Gasteiger partial charge is 0.493 e. The summed E-state index contributed by atoms with van der Waals surface area (Å²) in [5.41, 5.74) is 4.54. The summed E-state index contributed by atoms with van der Waals surface area (Å²) < 4.78 is 52.6. The smallest absolute Gasteiger partial charge is 0.405 e. The molecule has 0 saturated carbocycles. The van der Waals surface area contributed by atoms with Gasteiger partial charge in [0.05, 0.1) is 19.7 Å². The molecule has 0 radical (unpaired) electrons. The standard InChI is InChI=1S/C35H31BrF2N4O7/c1-35(2,49-34(39)45)13-11-27-24(36)16-23(33(44)42(27)21-8-5-19(37)6-9-21)32(43)41-20-7-10-29(25(38)15-20)48-28-12-14-40-26-18-31(47-4)30(46-3)17-22(26)28/h5-10,12,14-18H,11,13H2,1-4H3,(H2,39,45)(H,41,43). The van der Waals surface area contributed by atoms with Crippen molar-refractivity contribution in [2.75, 3.05) is 19.5 Å². The van der Waals surface area contributed by atoms with Gasteiger partial charge in [-0.05, 0) is 97.2 Å². The molecule has 0 unspecified atom stereocenters. The fraction of sp³-hybridized carbons (Fsp3) is 0.200. The van der Waals surface area contributed by atoms with E-state index in [-0.39, 0.29) is 35.5 Å². The van der Waals surface area contributed by atoms with Gasteiger partial charge in [-0.1, -0.05) is 0 Å². The molecule has 0 aliphatic rings. The van der Waals surface area contributed by atoms with E-state index < -0.39 is 34.8 Å². The van der Waals surface area contributed by atoms with Crippen LogP contribution in [0, 0.1) is 11.6 Å². The lowest BCUT2D eigenvalue weighted by molar-refractivity contribution is 0.0391. The molecular formula is C35H31BrF2N4O7. The van der Waals surface area contributed by atoms with Crippen molar-refractivity contribution in [3.05, 3.63) is 111 Å². The lowest BCUT2D eigenvalue weighted by Crippen LogP contribution is -2.34. The molecule has 3 aromatic carbocycles. The zero-order chi connectivity index (χ0) is 35.5. The second kappa shape index (κ2) is 14.3. The third-order valence-corrected chi connectivity index (χ3v) is 8.22. The van der Waals surface area contributed by atoms with Crippen molar-refractivity contribution < 1.29 is 37.3 Å². The van der Waals surface area contributed by atoms with E-state index in [9.17, 15) is 18.8 Å². The summed E-state index contributed by atoms with van der Waals surface area (Å²) in [6.45, 7) is 3.33. The SMILES string of the molecule is COc1cc2nccc(Oc3ccc(NC(=O)c4cc(Br)c(CCC(C)(C)OC(N)=O)n(-c5ccc(F)cc5)c4=O)cc3F)c2cc1OC. The Morgan fingerprint density at radius 2 is 1.63 bits per heavy atom. The Bertz CT molecular complexity index is 2120. The summed E-state index contributed by atoms with van der Waals surface area (Å²) in [5, 5.41) is 3.11. The number of halogens is 3. The molecule has 254 valence electrons. The van der Waals surface area contributed by atoms with Gasteiger partial charge in [-0.25, -0.2) is 13.6 Å². The third kappa shape index (κ3) is 7.81. The van der Waals surface area contributed by atoms with Gasteiger partial charge in [-0.3, -0.25) is 19.1 Å². The van der Waals surface area contributed by atoms with Crippen LogP contribution in [0.1, 0.15) is 36.3 Å². The molecule has 11 nitrogen and oxygen atoms in total. The Labute approximate surface area is 287 Å². The first-order valence-electron chi connectivity index (χ1n) is 14.8. The lowest BCUT2D eigenvalue weighted by Gasteiger charge is -2.25. The number of ether oxygens (including phenoxy) is 4. The van der Waals surface area contributed by atoms with Crippen LogP contribution in [0.2, 0.25) is 0 Å². The van der Waals surface area contributed by atoms with Crippen LogP contribution < -0.4 is 30.8 Å². The number of benzene rings is 3. The van der Waals surface area contributed by atoms with Crippen molar-refractivity contribution in [2.24, 2.45) is 5.73 Å². The van der Waals surface area contributed by atoms with E-state index in [1.54, 1.807) is 32.0 Å². The van der Waals surface area contributed by atoms with Crippen LogP contribution in [-0.2, 0) is 11.2 Å². The van der Waals surface area contributed by atoms with E-state index in [1.165, 1.54) is 67.4 Å². The number of nitrogens with one attached hydrogen (secondary N) is 1. The molecule has 0 saturated heterocycles. The van der Waals surface area contributed by atoms with Gasteiger partial charge in [0.25, 0.3) is 11.5 Å². The first kappa shape index (κ1) is 34.8. The van der Waals surface area contributed by atoms with Crippen LogP contribution in [-0.4, -0.2) is 41.4 Å². The van der Waals surface area contributed by atoms with Gasteiger partial charge in [-0.15, -0.1) is 0 Å². The first-order valence-corrected chi connectivity index (χ1v) is 15.6. The van der Waals surface area contributed by atoms with Gasteiger partial charge >= 0.3 is 6.09 Å². The molecule has 0 fully saturated rings. The van der Waals surface area contributed by atoms with E-state index in [4.69, 9.17) is 24.7 Å². The molecule has 5 aromatic rings. The van der Waals surface area contributed by atoms with Gasteiger partial charge in [0, 0.05) is 45.3 Å². The summed E-state index contributed by atoms with van der Waals surface area (Å²) in [6.07, 6.45) is 1.02. The Hall–Kier alpha value is -5.50. The normalized spacial score (nSPS) is 11.2. The second-order valence-electron chi connectivity index (χ2n) is 11.4. The average Bonchev–Trinajstić information content (AvgIpc) is 3.05. The van der Waals surface area contributed by atoms with Crippen molar-refractivity contribution in [2.45, 2.75) is 32.3 Å². The zero-order valence-corrected chi connectivity index (χ0v) is 28.4. The maximum absolute atomic E-state index is 15.3. The number of hydrogen-bond acceptors (Lipinski definition) is 8. The van der Waals surface area contributed by atoms with E-state index in [1.807, 2.05) is 0 Å². The Morgan fingerprint density at radius 1 is 0.939 bits per heavy atom. The quantitative estimate of drug-likeness (QED) is 0.144. The number of hydrogen-bond donors (Lipinski definition) is 2. The number of rotatable bonds is 11. The van der Waals surface area contributed by atoms with Gasteiger partial charge in [0.15, 0.2) is 23.1 Å². The Balaban J connectivity index is 1.43. The van der Waals surface area contributed by atoms with Crippen molar-refractivity contribution in [3.63, 3.8) is 0 Å². The molecule has 5 rings (SSSR count). The minimum absolute atomic E-state index is 0.0547. The zero-order valence-electron chi connectivity index (χ0n) is 26.8. The van der Waals surface area contributed by atoms with Crippen LogP contribution in [0.5, 0.6) is 23.0 Å². The summed E-state index contributed by atoms with van der Waals surface area (Å²) in [5.74, 6) is -1.05. The van der Waals surface area contributed by atoms with Crippen LogP contribution in [0.15, 0.2) is 82.2 Å². The van der Waals surface area contributed by atoms with E-state index in [2.05, 4.69) is 26.2 Å². The molecule has 0 aliphatic heterocycles. The average molecular weight is 738 g/mol. The van der Waals surface area contributed by atoms with E-state index in [0.717, 1.165) is 6.07 Å². The highest BCUT2D eigenvalue weighted by Gasteiger charge is 2.25. The highest BCUT2D eigenvalue weighted by Crippen LogP contribution is 2.37. The monoisotopic (exact) mass is 736 g/mol. The number of aromatic nitrogens is 2. The summed E-state index contributed by atoms with van der Waals surface area (Å²) >= 11 is 3.46. The van der Waals surface area contributed by atoms with Crippen LogP contribution in [0.3, 0.4) is 0 Å². The minimum Gasteiger partial charge on any atom is -0.493 e. The molecule has 14 heteroatoms. The van der Waals surface area contributed by atoms with Gasteiger partial charge < -0.3 is 30.0 Å². The number of nitrogens with zero attached hydrogens (tertiary/aromatic N) is 2. The van der Waals surface area contributed by atoms with Crippen molar-refractivity contribution >= 4 is 44.5 Å². The lowest BCUT2D eigenvalue weighted by atomic mass is 10.00. The molecule has 2 heterocycles. The molecule has 2 aromatic heterocycles. The first-order chi connectivity index (χ1) is 23.3. The van der Waals surface area contributed by atoms with Gasteiger partial charge in [0.1, 0.15) is 22.7 Å². The number of anilines is 1. The molecular weight excluding hydrogens is 706 g/mol. The number of pyridine rings is 2. The highest BCUT2D eigenvalue weighted by atomic mass is 79.9. The fourth-order valence-corrected chi connectivity index (χ4v) is 5.74. The van der Waals surface area contributed by atoms with Crippen LogP contribution >= 0.6 is 15.9 Å². The number of primary amides is 1. The number of fused-ring (bicyclic) bond motifs is 1. The minimum atomic E-state index is -0.976. The molecule has 49 heavy (non-hydrogen) atoms. The molecule has 0 atom stereocenters. The fourth-order valence-electron chi connectivity index (χ4n) is 5.14. The Morgan fingerprint density at radius 3 is 2.29 bits per heavy atom. The second-order valence-corrected chi connectivity index (χ2v) is 12.2. The third-order valence-electron chi connectivity index (χ3n) is 7.54. The predicted molar refractivity (Wildman–Crippen MR) is 182 cm³/mol. The number of amides is 2. The van der Waals surface area contributed by atoms with Crippen molar-refractivity contribution in [1.82, 2.24) is 9.55 Å². The summed E-state index contributed by atoms with van der Waals surface area (Å²) in [7, 11) is 2.99. The number of methoxy groups -OCH3 is 2. The van der Waals surface area contributed by atoms with Gasteiger partial charge in [-0.2, -0.15) is 0 Å². The van der Waals surface area contributed by atoms with Crippen LogP contribution in [0.4, 0.5) is 19.3 Å². The molecule has 0 spiro atoms. The number of carbonyl (C=O) groups excluding carboxylic acids is 2. The molecule has 3 N–H and O–H groups in total. The van der Waals surface area contributed by atoms with E-state index in [0.29, 0.717) is 38.3 Å². The number of carbonyl (C=O) groups is 2. The molecule has 0 bridgehead atoms. The summed E-state index contributed by atoms with van der Waals surface area (Å²) in [6, 6.07) is 15.2. The number of nitrogens with two attached hydrogens (primary N) is 1. The molecule has 0 aliphatic carbocycles. The molecule has 2 amide bonds. The maximum Gasteiger partial charge on any atom is 0.405 e. The van der Waals surface area contributed by atoms with Crippen LogP contribution in [0.25, 0.3) is 16.6 Å². The van der Waals surface area contributed by atoms with Crippen molar-refractivity contribution in [3.8, 4) is 28.7 Å². The van der Waals surface area contributed by atoms with Gasteiger partial charge in [0.2, 0.25) is 0 Å². The van der Waals surface area contributed by atoms with E-state index >= 15 is 4.39 Å². The topological polar surface area (TPSA) is 144 Å². The Kier molecular flexibility index (Phi) is 10.2. The highest BCUT2D eigenvalue weighted by molar-refractivity contribution is 9.10. The van der Waals surface area contributed by atoms with Crippen molar-refractivity contribution in [1.29, 1.82) is 0 Å². The summed E-state index contributed by atoms with van der Waals surface area (Å²) in [4.78, 5) is 43.0.